The molecule has 3 atom stereocenters. The zero-order valence-electron chi connectivity index (χ0n) is 12.5. The second-order valence-electron chi connectivity index (χ2n) is 6.05. The summed E-state index contributed by atoms with van der Waals surface area (Å²) in [5.74, 6) is 0.662. The summed E-state index contributed by atoms with van der Waals surface area (Å²) in [5, 5.41) is 0. The number of nitrogens with zero attached hydrogens (tertiary/aromatic N) is 1. The molecule has 3 unspecified atom stereocenters. The maximum Gasteiger partial charge on any atom is 0.416 e. The fourth-order valence-electron chi connectivity index (χ4n) is 3.15. The molecule has 0 bridgehead atoms. The van der Waals surface area contributed by atoms with Gasteiger partial charge in [-0.3, -0.25) is 4.90 Å². The molecule has 2 rings (SSSR count). The first-order chi connectivity index (χ1) is 9.82. The largest absolute Gasteiger partial charge is 0.416 e. The quantitative estimate of drug-likeness (QED) is 0.919. The molecule has 0 amide bonds. The van der Waals surface area contributed by atoms with Gasteiger partial charge in [0.05, 0.1) is 5.56 Å². The third kappa shape index (κ3) is 3.77. The molecule has 1 aliphatic heterocycles. The second-order valence-corrected chi connectivity index (χ2v) is 6.05. The third-order valence-corrected chi connectivity index (χ3v) is 4.51. The summed E-state index contributed by atoms with van der Waals surface area (Å²) in [4.78, 5) is 2.32. The van der Waals surface area contributed by atoms with E-state index >= 15 is 0 Å². The van der Waals surface area contributed by atoms with Crippen molar-refractivity contribution in [2.75, 3.05) is 13.1 Å². The van der Waals surface area contributed by atoms with Crippen molar-refractivity contribution in [3.8, 4) is 0 Å². The Morgan fingerprint density at radius 2 is 1.90 bits per heavy atom. The van der Waals surface area contributed by atoms with Crippen LogP contribution in [0.25, 0.3) is 0 Å². The van der Waals surface area contributed by atoms with Gasteiger partial charge in [0, 0.05) is 18.6 Å². The van der Waals surface area contributed by atoms with Crippen molar-refractivity contribution in [2.24, 2.45) is 11.7 Å². The molecule has 1 aromatic rings. The van der Waals surface area contributed by atoms with E-state index in [1.165, 1.54) is 0 Å². The average molecular weight is 300 g/mol. The maximum atomic E-state index is 12.6. The van der Waals surface area contributed by atoms with Crippen molar-refractivity contribution in [3.63, 3.8) is 0 Å². The molecule has 0 radical (unpaired) electrons. The molecular formula is C16H23F3N2. The first-order valence-electron chi connectivity index (χ1n) is 7.46. The number of nitrogens with two attached hydrogens (primary N) is 1. The zero-order valence-corrected chi connectivity index (χ0v) is 12.5. The molecule has 0 aromatic heterocycles. The lowest BCUT2D eigenvalue weighted by Crippen LogP contribution is -2.47. The van der Waals surface area contributed by atoms with Crippen LogP contribution in [-0.2, 0) is 6.18 Å². The number of likely N-dealkylation sites (tertiary alicyclic amines) is 1. The van der Waals surface area contributed by atoms with Gasteiger partial charge in [0.15, 0.2) is 0 Å². The number of halogens is 3. The highest BCUT2D eigenvalue weighted by atomic mass is 19.4. The normalized spacial score (nSPS) is 25.8. The maximum absolute atomic E-state index is 12.6. The van der Waals surface area contributed by atoms with E-state index in [1.807, 2.05) is 6.92 Å². The third-order valence-electron chi connectivity index (χ3n) is 4.51. The van der Waals surface area contributed by atoms with E-state index in [0.717, 1.165) is 37.1 Å². The molecular weight excluding hydrogens is 277 g/mol. The van der Waals surface area contributed by atoms with Crippen LogP contribution in [0.15, 0.2) is 24.3 Å². The minimum Gasteiger partial charge on any atom is -0.329 e. The molecule has 1 saturated heterocycles. The van der Waals surface area contributed by atoms with E-state index in [1.54, 1.807) is 12.1 Å². The lowest BCUT2D eigenvalue weighted by atomic mass is 9.90. The van der Waals surface area contributed by atoms with E-state index in [0.29, 0.717) is 18.5 Å². The van der Waals surface area contributed by atoms with E-state index in [4.69, 9.17) is 5.73 Å². The van der Waals surface area contributed by atoms with Gasteiger partial charge in [-0.2, -0.15) is 13.2 Å². The van der Waals surface area contributed by atoms with E-state index in [-0.39, 0.29) is 6.04 Å². The van der Waals surface area contributed by atoms with Gasteiger partial charge in [0.2, 0.25) is 0 Å². The topological polar surface area (TPSA) is 29.3 Å². The SMILES string of the molecule is CC1CCN(C(C)c2ccc(C(F)(F)F)cc2)C(CN)C1. The van der Waals surface area contributed by atoms with Crippen LogP contribution in [0.1, 0.15) is 43.9 Å². The van der Waals surface area contributed by atoms with Crippen LogP contribution >= 0.6 is 0 Å². The molecule has 1 heterocycles. The van der Waals surface area contributed by atoms with E-state index in [2.05, 4.69) is 11.8 Å². The number of rotatable bonds is 3. The summed E-state index contributed by atoms with van der Waals surface area (Å²) >= 11 is 0. The van der Waals surface area contributed by atoms with Gasteiger partial charge in [0.25, 0.3) is 0 Å². The first-order valence-corrected chi connectivity index (χ1v) is 7.46. The van der Waals surface area contributed by atoms with Crippen LogP contribution in [0.4, 0.5) is 13.2 Å². The monoisotopic (exact) mass is 300 g/mol. The lowest BCUT2D eigenvalue weighted by Gasteiger charge is -2.42. The van der Waals surface area contributed by atoms with Crippen LogP contribution in [0, 0.1) is 5.92 Å². The fraction of sp³-hybridized carbons (Fsp3) is 0.625. The van der Waals surface area contributed by atoms with Gasteiger partial charge in [-0.25, -0.2) is 0 Å². The van der Waals surface area contributed by atoms with Gasteiger partial charge >= 0.3 is 6.18 Å². The Labute approximate surface area is 124 Å². The van der Waals surface area contributed by atoms with Crippen molar-refractivity contribution in [3.05, 3.63) is 35.4 Å². The van der Waals surface area contributed by atoms with Crippen LogP contribution in [-0.4, -0.2) is 24.0 Å². The second kappa shape index (κ2) is 6.36. The molecule has 0 spiro atoms. The molecule has 0 saturated carbocycles. The fourth-order valence-corrected chi connectivity index (χ4v) is 3.15. The van der Waals surface area contributed by atoms with Gasteiger partial charge in [-0.15, -0.1) is 0 Å². The molecule has 1 fully saturated rings. The molecule has 21 heavy (non-hydrogen) atoms. The number of piperidine rings is 1. The van der Waals surface area contributed by atoms with Crippen LogP contribution < -0.4 is 5.73 Å². The molecule has 0 aliphatic carbocycles. The number of alkyl halides is 3. The minimum atomic E-state index is -4.28. The molecule has 118 valence electrons. The van der Waals surface area contributed by atoms with Gasteiger partial charge < -0.3 is 5.73 Å². The van der Waals surface area contributed by atoms with Crippen molar-refractivity contribution >= 4 is 0 Å². The molecule has 1 aromatic carbocycles. The predicted molar refractivity (Wildman–Crippen MR) is 77.8 cm³/mol. The Bertz CT molecular complexity index is 456. The first kappa shape index (κ1) is 16.3. The van der Waals surface area contributed by atoms with Crippen molar-refractivity contribution in [1.29, 1.82) is 0 Å². The number of hydrogen-bond acceptors (Lipinski definition) is 2. The lowest BCUT2D eigenvalue weighted by molar-refractivity contribution is -0.137. The van der Waals surface area contributed by atoms with Crippen molar-refractivity contribution < 1.29 is 13.2 Å². The highest BCUT2D eigenvalue weighted by molar-refractivity contribution is 5.26. The summed E-state index contributed by atoms with van der Waals surface area (Å²) in [5.41, 5.74) is 6.18. The Morgan fingerprint density at radius 1 is 1.29 bits per heavy atom. The summed E-state index contributed by atoms with van der Waals surface area (Å²) in [6, 6.07) is 5.89. The van der Waals surface area contributed by atoms with E-state index < -0.39 is 11.7 Å². The smallest absolute Gasteiger partial charge is 0.329 e. The Balaban J connectivity index is 2.13. The van der Waals surface area contributed by atoms with Gasteiger partial charge in [0.1, 0.15) is 0 Å². The highest BCUT2D eigenvalue weighted by Gasteiger charge is 2.32. The van der Waals surface area contributed by atoms with E-state index in [9.17, 15) is 13.2 Å². The standard InChI is InChI=1S/C16H23F3N2/c1-11-7-8-21(15(9-11)10-20)12(2)13-3-5-14(6-4-13)16(17,18)19/h3-6,11-12,15H,7-10,20H2,1-2H3. The summed E-state index contributed by atoms with van der Waals surface area (Å²) in [7, 11) is 0. The summed E-state index contributed by atoms with van der Waals surface area (Å²) in [6.07, 6.45) is -2.11. The van der Waals surface area contributed by atoms with Crippen LogP contribution in [0.2, 0.25) is 0 Å². The average Bonchev–Trinajstić information content (AvgIpc) is 2.45. The minimum absolute atomic E-state index is 0.0910. The Kier molecular flexibility index (Phi) is 4.94. The van der Waals surface area contributed by atoms with Gasteiger partial charge in [-0.1, -0.05) is 19.1 Å². The van der Waals surface area contributed by atoms with Crippen LogP contribution in [0.3, 0.4) is 0 Å². The predicted octanol–water partition coefficient (Wildman–Crippen LogP) is 3.83. The van der Waals surface area contributed by atoms with Crippen LogP contribution in [0.5, 0.6) is 0 Å². The zero-order chi connectivity index (χ0) is 15.6. The van der Waals surface area contributed by atoms with Gasteiger partial charge in [-0.05, 0) is 49.9 Å². The van der Waals surface area contributed by atoms with Crippen molar-refractivity contribution in [1.82, 2.24) is 4.90 Å². The number of benzene rings is 1. The molecule has 2 N–H and O–H groups in total. The number of hydrogen-bond donors (Lipinski definition) is 1. The summed E-state index contributed by atoms with van der Waals surface area (Å²) in [6.45, 7) is 5.81. The molecule has 5 heteroatoms. The molecule has 2 nitrogen and oxygen atoms in total. The Morgan fingerprint density at radius 3 is 2.43 bits per heavy atom. The Hall–Kier alpha value is -1.07. The van der Waals surface area contributed by atoms with Crippen molar-refractivity contribution in [2.45, 2.75) is 44.9 Å². The molecule has 1 aliphatic rings. The highest BCUT2D eigenvalue weighted by Crippen LogP contribution is 2.33. The summed E-state index contributed by atoms with van der Waals surface area (Å²) < 4.78 is 37.8.